The topological polar surface area (TPSA) is 34.5 Å². The lowest BCUT2D eigenvalue weighted by molar-refractivity contribution is 0.0872. The first-order valence-corrected chi connectivity index (χ1v) is 11.6. The van der Waals surface area contributed by atoms with Crippen LogP contribution in [0.4, 0.5) is 0 Å². The molecule has 1 aromatic heterocycles. The number of nitrogens with zero attached hydrogens (tertiary/aromatic N) is 2. The van der Waals surface area contributed by atoms with Crippen molar-refractivity contribution in [2.75, 3.05) is 19.6 Å². The number of likely N-dealkylation sites (tertiary alicyclic amines) is 1. The fourth-order valence-corrected chi connectivity index (χ4v) is 4.97. The van der Waals surface area contributed by atoms with Gasteiger partial charge in [-0.3, -0.25) is 9.69 Å². The van der Waals surface area contributed by atoms with Gasteiger partial charge in [0.15, 0.2) is 5.78 Å². The summed E-state index contributed by atoms with van der Waals surface area (Å²) in [7, 11) is 0. The van der Waals surface area contributed by atoms with Crippen LogP contribution in [-0.2, 0) is 6.54 Å². The molecule has 1 unspecified atom stereocenters. The fourth-order valence-electron chi connectivity index (χ4n) is 4.25. The molecular formula is C24H26BrClN2O2. The highest BCUT2D eigenvalue weighted by Crippen LogP contribution is 2.29. The minimum Gasteiger partial charge on any atom is -0.489 e. The Labute approximate surface area is 190 Å². The smallest absolute Gasteiger partial charge is 0.161 e. The first kappa shape index (κ1) is 21.4. The molecule has 0 bridgehead atoms. The minimum absolute atomic E-state index is 0.107. The van der Waals surface area contributed by atoms with E-state index in [1.165, 1.54) is 0 Å². The summed E-state index contributed by atoms with van der Waals surface area (Å²) in [6.07, 6.45) is 5.46. The van der Waals surface area contributed by atoms with Gasteiger partial charge in [-0.05, 0) is 85.5 Å². The monoisotopic (exact) mass is 488 g/mol. The third-order valence-corrected chi connectivity index (χ3v) is 6.57. The first-order chi connectivity index (χ1) is 14.5. The van der Waals surface area contributed by atoms with E-state index in [2.05, 4.69) is 25.4 Å². The van der Waals surface area contributed by atoms with Crippen LogP contribution >= 0.6 is 27.5 Å². The molecule has 3 aromatic rings. The number of aromatic nitrogens is 1. The lowest BCUT2D eigenvalue weighted by Gasteiger charge is -2.33. The van der Waals surface area contributed by atoms with E-state index >= 15 is 0 Å². The summed E-state index contributed by atoms with van der Waals surface area (Å²) in [5.74, 6) is 0.988. The fraction of sp³-hybridized carbons (Fsp3) is 0.375. The molecule has 158 valence electrons. The number of ether oxygens (including phenoxy) is 1. The van der Waals surface area contributed by atoms with Crippen LogP contribution in [0.2, 0.25) is 5.02 Å². The molecule has 2 heterocycles. The van der Waals surface area contributed by atoms with Gasteiger partial charge in [0.1, 0.15) is 11.9 Å². The Kier molecular flexibility index (Phi) is 6.81. The SMILES string of the molecule is CC(=O)c1cn(CCCN2CCCC(Oc3ccc(Cl)cc3)C2)c2c(Br)cccc12. The van der Waals surface area contributed by atoms with Crippen molar-refractivity contribution < 1.29 is 9.53 Å². The van der Waals surface area contributed by atoms with Crippen LogP contribution < -0.4 is 4.74 Å². The van der Waals surface area contributed by atoms with Crippen molar-refractivity contribution >= 4 is 44.2 Å². The highest BCUT2D eigenvalue weighted by atomic mass is 79.9. The highest BCUT2D eigenvalue weighted by Gasteiger charge is 2.21. The average molecular weight is 490 g/mol. The summed E-state index contributed by atoms with van der Waals surface area (Å²) >= 11 is 9.62. The van der Waals surface area contributed by atoms with Crippen molar-refractivity contribution in [1.82, 2.24) is 9.47 Å². The van der Waals surface area contributed by atoms with Crippen LogP contribution in [0, 0.1) is 0 Å². The predicted octanol–water partition coefficient (Wildman–Crippen LogP) is 6.19. The number of piperidine rings is 1. The minimum atomic E-state index is 0.107. The molecule has 1 saturated heterocycles. The Balaban J connectivity index is 1.36. The molecule has 30 heavy (non-hydrogen) atoms. The molecule has 0 amide bonds. The molecular weight excluding hydrogens is 464 g/mol. The van der Waals surface area contributed by atoms with E-state index in [1.807, 2.05) is 48.7 Å². The maximum Gasteiger partial charge on any atom is 0.161 e. The van der Waals surface area contributed by atoms with Gasteiger partial charge in [-0.1, -0.05) is 23.7 Å². The summed E-state index contributed by atoms with van der Waals surface area (Å²) in [4.78, 5) is 14.5. The van der Waals surface area contributed by atoms with Gasteiger partial charge in [-0.15, -0.1) is 0 Å². The van der Waals surface area contributed by atoms with E-state index < -0.39 is 0 Å². The molecule has 6 heteroatoms. The Morgan fingerprint density at radius 1 is 1.20 bits per heavy atom. The summed E-state index contributed by atoms with van der Waals surface area (Å²) in [6.45, 7) is 5.58. The van der Waals surface area contributed by atoms with Crippen molar-refractivity contribution in [3.8, 4) is 5.75 Å². The zero-order chi connectivity index (χ0) is 21.1. The van der Waals surface area contributed by atoms with E-state index in [4.69, 9.17) is 16.3 Å². The van der Waals surface area contributed by atoms with Crippen molar-refractivity contribution in [3.05, 3.63) is 63.7 Å². The lowest BCUT2D eigenvalue weighted by Crippen LogP contribution is -2.41. The van der Waals surface area contributed by atoms with Crippen LogP contribution in [0.1, 0.15) is 36.5 Å². The van der Waals surface area contributed by atoms with Crippen LogP contribution in [0.5, 0.6) is 5.75 Å². The molecule has 0 saturated carbocycles. The number of halogens is 2. The van der Waals surface area contributed by atoms with Gasteiger partial charge in [-0.2, -0.15) is 0 Å². The third-order valence-electron chi connectivity index (χ3n) is 5.68. The van der Waals surface area contributed by atoms with Crippen LogP contribution in [0.15, 0.2) is 53.1 Å². The quantitative estimate of drug-likeness (QED) is 0.371. The summed E-state index contributed by atoms with van der Waals surface area (Å²) < 4.78 is 9.40. The Morgan fingerprint density at radius 3 is 2.77 bits per heavy atom. The number of hydrogen-bond acceptors (Lipinski definition) is 3. The molecule has 0 spiro atoms. The van der Waals surface area contributed by atoms with E-state index in [-0.39, 0.29) is 11.9 Å². The molecule has 1 fully saturated rings. The molecule has 2 aromatic carbocycles. The largest absolute Gasteiger partial charge is 0.489 e. The number of aryl methyl sites for hydroxylation is 1. The molecule has 1 atom stereocenters. The van der Waals surface area contributed by atoms with Gasteiger partial charge in [-0.25, -0.2) is 0 Å². The Hall–Kier alpha value is -1.82. The standard InChI is InChI=1S/C24H26BrClN2O2/c1-17(29)22-16-28(24-21(22)6-2-7-23(24)25)14-4-13-27-12-3-5-20(15-27)30-19-10-8-18(26)9-11-19/h2,6-11,16,20H,3-5,12-15H2,1H3. The van der Waals surface area contributed by atoms with Gasteiger partial charge in [0.2, 0.25) is 0 Å². The van der Waals surface area contributed by atoms with Gasteiger partial charge in [0, 0.05) is 39.7 Å². The van der Waals surface area contributed by atoms with Crippen LogP contribution in [-0.4, -0.2) is 41.0 Å². The normalized spacial score (nSPS) is 17.4. The number of rotatable bonds is 7. The third kappa shape index (κ3) is 4.90. The summed E-state index contributed by atoms with van der Waals surface area (Å²) in [5, 5.41) is 1.75. The van der Waals surface area contributed by atoms with Crippen LogP contribution in [0.3, 0.4) is 0 Å². The van der Waals surface area contributed by atoms with Crippen LogP contribution in [0.25, 0.3) is 10.9 Å². The zero-order valence-electron chi connectivity index (χ0n) is 17.1. The summed E-state index contributed by atoms with van der Waals surface area (Å²) in [6, 6.07) is 13.6. The molecule has 1 aliphatic heterocycles. The first-order valence-electron chi connectivity index (χ1n) is 10.4. The van der Waals surface area contributed by atoms with E-state index in [0.717, 1.165) is 77.2 Å². The number of Topliss-reactive ketones (excluding diaryl/α,β-unsaturated/α-hetero) is 1. The van der Waals surface area contributed by atoms with Gasteiger partial charge < -0.3 is 9.30 Å². The van der Waals surface area contributed by atoms with Crippen molar-refractivity contribution in [2.45, 2.75) is 38.8 Å². The molecule has 0 radical (unpaired) electrons. The van der Waals surface area contributed by atoms with Crippen molar-refractivity contribution in [1.29, 1.82) is 0 Å². The van der Waals surface area contributed by atoms with Gasteiger partial charge in [0.05, 0.1) is 5.52 Å². The predicted molar refractivity (Wildman–Crippen MR) is 126 cm³/mol. The average Bonchev–Trinajstić information content (AvgIpc) is 3.10. The second-order valence-electron chi connectivity index (χ2n) is 7.92. The summed E-state index contributed by atoms with van der Waals surface area (Å²) in [5.41, 5.74) is 1.89. The number of benzene rings is 2. The maximum absolute atomic E-state index is 12.1. The van der Waals surface area contributed by atoms with Gasteiger partial charge >= 0.3 is 0 Å². The second kappa shape index (κ2) is 9.54. The van der Waals surface area contributed by atoms with E-state index in [9.17, 15) is 4.79 Å². The number of fused-ring (bicyclic) bond motifs is 1. The zero-order valence-corrected chi connectivity index (χ0v) is 19.5. The highest BCUT2D eigenvalue weighted by molar-refractivity contribution is 9.10. The number of ketones is 1. The second-order valence-corrected chi connectivity index (χ2v) is 9.21. The van der Waals surface area contributed by atoms with E-state index in [1.54, 1.807) is 6.92 Å². The van der Waals surface area contributed by atoms with Gasteiger partial charge in [0.25, 0.3) is 0 Å². The number of carbonyl (C=O) groups excluding carboxylic acids is 1. The Morgan fingerprint density at radius 2 is 2.00 bits per heavy atom. The van der Waals surface area contributed by atoms with Crippen molar-refractivity contribution in [3.63, 3.8) is 0 Å². The molecule has 1 aliphatic rings. The Bertz CT molecular complexity index is 1030. The molecule has 0 N–H and O–H groups in total. The number of carbonyl (C=O) groups is 1. The number of hydrogen-bond donors (Lipinski definition) is 0. The molecule has 0 aliphatic carbocycles. The van der Waals surface area contributed by atoms with Crippen molar-refractivity contribution in [2.24, 2.45) is 0 Å². The number of para-hydroxylation sites is 1. The van der Waals surface area contributed by atoms with E-state index in [0.29, 0.717) is 0 Å². The lowest BCUT2D eigenvalue weighted by atomic mass is 10.1. The maximum atomic E-state index is 12.1. The molecule has 4 nitrogen and oxygen atoms in total. The molecule has 4 rings (SSSR count).